The minimum Gasteiger partial charge on any atom is -0.404 e. The van der Waals surface area contributed by atoms with E-state index in [0.29, 0.717) is 5.56 Å². The van der Waals surface area contributed by atoms with Crippen LogP contribution in [0.15, 0.2) is 66.3 Å². The van der Waals surface area contributed by atoms with Crippen molar-refractivity contribution < 1.29 is 4.79 Å². The van der Waals surface area contributed by atoms with Crippen molar-refractivity contribution in [2.45, 2.75) is 33.1 Å². The number of hydrogen-bond acceptors (Lipinski definition) is 4. The van der Waals surface area contributed by atoms with Crippen molar-refractivity contribution in [3.05, 3.63) is 83.7 Å². The van der Waals surface area contributed by atoms with E-state index < -0.39 is 5.91 Å². The lowest BCUT2D eigenvalue weighted by atomic mass is 10.1. The summed E-state index contributed by atoms with van der Waals surface area (Å²) in [5.74, 6) is -0.414. The number of amides is 1. The molecule has 0 atom stereocenters. The van der Waals surface area contributed by atoms with Gasteiger partial charge in [0.2, 0.25) is 5.91 Å². The summed E-state index contributed by atoms with van der Waals surface area (Å²) in [7, 11) is 1.71. The van der Waals surface area contributed by atoms with Gasteiger partial charge in [0.15, 0.2) is 0 Å². The van der Waals surface area contributed by atoms with Crippen LogP contribution >= 0.6 is 0 Å². The molecule has 1 amide bonds. The number of rotatable bonds is 8. The summed E-state index contributed by atoms with van der Waals surface area (Å²) in [6.45, 7) is 4.27. The lowest BCUT2D eigenvalue weighted by molar-refractivity contribution is 0.1000. The number of primary amides is 1. The average molecular weight is 455 g/mol. The van der Waals surface area contributed by atoms with Crippen molar-refractivity contribution in [2.75, 3.05) is 7.05 Å². The third kappa shape index (κ3) is 4.12. The Morgan fingerprint density at radius 2 is 1.94 bits per heavy atom. The van der Waals surface area contributed by atoms with Crippen LogP contribution in [0.1, 0.15) is 47.4 Å². The Bertz CT molecular complexity index is 1410. The van der Waals surface area contributed by atoms with Crippen molar-refractivity contribution in [3.8, 4) is 11.4 Å². The maximum atomic E-state index is 11.7. The van der Waals surface area contributed by atoms with Crippen molar-refractivity contribution in [3.63, 3.8) is 0 Å². The molecule has 7 heteroatoms. The van der Waals surface area contributed by atoms with E-state index in [-0.39, 0.29) is 0 Å². The second-order valence-electron chi connectivity index (χ2n) is 8.18. The van der Waals surface area contributed by atoms with Crippen LogP contribution in [0.3, 0.4) is 0 Å². The molecule has 2 aromatic carbocycles. The Labute approximate surface area is 199 Å². The van der Waals surface area contributed by atoms with E-state index in [1.165, 1.54) is 17.1 Å². The van der Waals surface area contributed by atoms with E-state index in [1.54, 1.807) is 19.3 Å². The summed E-state index contributed by atoms with van der Waals surface area (Å²) in [4.78, 5) is 20.3. The van der Waals surface area contributed by atoms with Crippen LogP contribution in [-0.2, 0) is 12.8 Å². The van der Waals surface area contributed by atoms with Gasteiger partial charge in [-0.1, -0.05) is 26.3 Å². The van der Waals surface area contributed by atoms with Crippen LogP contribution in [0.2, 0.25) is 0 Å². The zero-order valence-electron chi connectivity index (χ0n) is 19.8. The molecule has 4 N–H and O–H groups in total. The summed E-state index contributed by atoms with van der Waals surface area (Å²) >= 11 is 0. The van der Waals surface area contributed by atoms with E-state index in [4.69, 9.17) is 11.5 Å². The Morgan fingerprint density at radius 3 is 2.62 bits per heavy atom. The molecular weight excluding hydrogens is 424 g/mol. The molecule has 2 aromatic heterocycles. The van der Waals surface area contributed by atoms with Crippen LogP contribution in [-0.4, -0.2) is 33.3 Å². The third-order valence-electron chi connectivity index (χ3n) is 6.01. The highest BCUT2D eigenvalue weighted by atomic mass is 16.1. The smallest absolute Gasteiger partial charge is 0.248 e. The monoisotopic (exact) mass is 454 g/mol. The Morgan fingerprint density at radius 1 is 1.12 bits per heavy atom. The van der Waals surface area contributed by atoms with Gasteiger partial charge in [0, 0.05) is 54.1 Å². The molecule has 4 aromatic rings. The molecule has 174 valence electrons. The topological polar surface area (TPSA) is 104 Å². The van der Waals surface area contributed by atoms with Gasteiger partial charge in [0.05, 0.1) is 23.2 Å². The molecule has 34 heavy (non-hydrogen) atoms. The number of nitrogens with zero attached hydrogens (tertiary/aromatic N) is 4. The van der Waals surface area contributed by atoms with Gasteiger partial charge >= 0.3 is 0 Å². The van der Waals surface area contributed by atoms with Gasteiger partial charge in [0.1, 0.15) is 0 Å². The minimum atomic E-state index is -0.414. The van der Waals surface area contributed by atoms with E-state index in [0.717, 1.165) is 53.0 Å². The first kappa shape index (κ1) is 23.0. The highest BCUT2D eigenvalue weighted by Crippen LogP contribution is 2.33. The zero-order valence-corrected chi connectivity index (χ0v) is 19.8. The van der Waals surface area contributed by atoms with Crippen LogP contribution in [0, 0.1) is 0 Å². The molecule has 4 rings (SSSR count). The number of benzene rings is 2. The van der Waals surface area contributed by atoms with Gasteiger partial charge in [-0.05, 0) is 54.3 Å². The number of aryl methyl sites for hydroxylation is 2. The van der Waals surface area contributed by atoms with Crippen molar-refractivity contribution in [1.29, 1.82) is 0 Å². The zero-order chi connectivity index (χ0) is 24.2. The Hall–Kier alpha value is -4.13. The number of aromatic nitrogens is 3. The molecule has 0 saturated heterocycles. The largest absolute Gasteiger partial charge is 0.404 e. The third-order valence-corrected chi connectivity index (χ3v) is 6.01. The Balaban J connectivity index is 1.92. The van der Waals surface area contributed by atoms with Gasteiger partial charge in [0.25, 0.3) is 0 Å². The van der Waals surface area contributed by atoms with Gasteiger partial charge < -0.3 is 20.6 Å². The Kier molecular flexibility index (Phi) is 6.63. The molecule has 0 radical (unpaired) electrons. The predicted molar refractivity (Wildman–Crippen MR) is 139 cm³/mol. The molecule has 0 unspecified atom stereocenters. The number of allylic oxidation sites excluding steroid dienone is 1. The quantitative estimate of drug-likeness (QED) is 0.385. The molecule has 2 heterocycles. The summed E-state index contributed by atoms with van der Waals surface area (Å²) in [5.41, 5.74) is 18.9. The normalized spacial score (nSPS) is 12.1. The number of carbonyl (C=O) groups is 1. The van der Waals surface area contributed by atoms with E-state index in [2.05, 4.69) is 52.8 Å². The predicted octanol–water partition coefficient (Wildman–Crippen LogP) is 4.43. The highest BCUT2D eigenvalue weighted by molar-refractivity contribution is 6.08. The van der Waals surface area contributed by atoms with E-state index in [9.17, 15) is 4.79 Å². The number of imidazole rings is 1. The number of carbonyl (C=O) groups excluding carboxylic acids is 1. The molecular formula is C27H30N6O. The van der Waals surface area contributed by atoms with Crippen LogP contribution in [0.5, 0.6) is 0 Å². The summed E-state index contributed by atoms with van der Waals surface area (Å²) in [6.07, 6.45) is 12.0. The van der Waals surface area contributed by atoms with Crippen molar-refractivity contribution in [2.24, 2.45) is 16.5 Å². The van der Waals surface area contributed by atoms with Crippen molar-refractivity contribution in [1.82, 2.24) is 14.1 Å². The van der Waals surface area contributed by atoms with Crippen LogP contribution in [0.25, 0.3) is 27.9 Å². The molecule has 0 spiro atoms. The summed E-state index contributed by atoms with van der Waals surface area (Å²) < 4.78 is 4.26. The van der Waals surface area contributed by atoms with Crippen molar-refractivity contribution >= 4 is 28.6 Å². The molecule has 0 saturated carbocycles. The fraction of sp³-hybridized carbons (Fsp3) is 0.222. The maximum absolute atomic E-state index is 11.7. The molecule has 0 aliphatic rings. The molecule has 0 fully saturated rings. The highest BCUT2D eigenvalue weighted by Gasteiger charge is 2.17. The lowest BCUT2D eigenvalue weighted by Gasteiger charge is -2.13. The first-order valence-electron chi connectivity index (χ1n) is 11.5. The average Bonchev–Trinajstić information content (AvgIpc) is 3.48. The van der Waals surface area contributed by atoms with Gasteiger partial charge in [-0.3, -0.25) is 9.79 Å². The minimum absolute atomic E-state index is 0.414. The standard InChI is InChI=1S/C27H30N6O/c1-4-7-20-15-33(23-11-10-19(27(29)34)12-18(23)5-2)25-9-6-8-24(26(20)25)32-16-22(31-17-32)21(13-28)14-30-3/h6,8-17H,4-5,7,28H2,1-3H3,(H2,29,34). The fourth-order valence-corrected chi connectivity index (χ4v) is 4.42. The van der Waals surface area contributed by atoms with Gasteiger partial charge in [-0.25, -0.2) is 4.98 Å². The number of fused-ring (bicyclic) bond motifs is 1. The van der Waals surface area contributed by atoms with Gasteiger partial charge in [-0.2, -0.15) is 0 Å². The van der Waals surface area contributed by atoms with E-state index in [1.807, 2.05) is 29.2 Å². The summed E-state index contributed by atoms with van der Waals surface area (Å²) in [5, 5.41) is 1.18. The first-order chi connectivity index (χ1) is 16.5. The van der Waals surface area contributed by atoms with Crippen LogP contribution < -0.4 is 11.5 Å². The second kappa shape index (κ2) is 9.79. The molecule has 7 nitrogen and oxygen atoms in total. The second-order valence-corrected chi connectivity index (χ2v) is 8.18. The van der Waals surface area contributed by atoms with Gasteiger partial charge in [-0.15, -0.1) is 0 Å². The number of hydrogen-bond donors (Lipinski definition) is 2. The molecule has 0 aliphatic carbocycles. The molecule has 0 bridgehead atoms. The molecule has 0 aliphatic heterocycles. The SMILES string of the molecule is CCCc1cn(-c2ccc(C(N)=O)cc2CC)c2cccc(-n3cnc(C(C=NC)=CN)c3)c12. The number of nitrogens with two attached hydrogens (primary N) is 2. The van der Waals surface area contributed by atoms with E-state index >= 15 is 0 Å². The van der Waals surface area contributed by atoms with Crippen LogP contribution in [0.4, 0.5) is 0 Å². The number of aliphatic imine (C=N–C) groups is 1. The maximum Gasteiger partial charge on any atom is 0.248 e. The lowest BCUT2D eigenvalue weighted by Crippen LogP contribution is -2.12. The summed E-state index contributed by atoms with van der Waals surface area (Å²) in [6, 6.07) is 12.0. The first-order valence-corrected chi connectivity index (χ1v) is 11.5. The fourth-order valence-electron chi connectivity index (χ4n) is 4.42.